The molecule has 0 saturated carbocycles. The van der Waals surface area contributed by atoms with Crippen LogP contribution in [0.15, 0.2) is 36.5 Å². The Kier molecular flexibility index (Phi) is 3.86. The summed E-state index contributed by atoms with van der Waals surface area (Å²) in [6.45, 7) is 5.96. The highest BCUT2D eigenvalue weighted by molar-refractivity contribution is 6.06. The van der Waals surface area contributed by atoms with Gasteiger partial charge in [0.25, 0.3) is 5.91 Å². The van der Waals surface area contributed by atoms with E-state index in [1.807, 2.05) is 62.8 Å². The molecular formula is C18H20N4O. The smallest absolute Gasteiger partial charge is 0.252 e. The molecule has 0 unspecified atom stereocenters. The summed E-state index contributed by atoms with van der Waals surface area (Å²) in [4.78, 5) is 17.0. The molecule has 3 rings (SSSR count). The molecule has 0 spiro atoms. The Balaban J connectivity index is 1.92. The minimum absolute atomic E-state index is 0.0984. The van der Waals surface area contributed by atoms with Crippen molar-refractivity contribution in [2.24, 2.45) is 7.05 Å². The van der Waals surface area contributed by atoms with Crippen molar-refractivity contribution in [3.63, 3.8) is 0 Å². The summed E-state index contributed by atoms with van der Waals surface area (Å²) < 4.78 is 1.84. The number of nitrogens with one attached hydrogen (secondary N) is 1. The minimum atomic E-state index is -0.108. The molecule has 2 heterocycles. The van der Waals surface area contributed by atoms with Crippen molar-refractivity contribution in [1.82, 2.24) is 20.1 Å². The van der Waals surface area contributed by atoms with Gasteiger partial charge in [-0.2, -0.15) is 5.10 Å². The fourth-order valence-corrected chi connectivity index (χ4v) is 3.06. The predicted octanol–water partition coefficient (Wildman–Crippen LogP) is 3.08. The van der Waals surface area contributed by atoms with Crippen LogP contribution in [0.4, 0.5) is 0 Å². The average Bonchev–Trinajstić information content (AvgIpc) is 2.79. The standard InChI is InChI=1S/C18H20N4O/c1-11(17-12(2)21-22(4)13(17)3)20-18(23)15-7-5-9-16-14(15)8-6-10-19-16/h5-11H,1-4H3,(H,20,23)/t11-/m0/s1. The first-order valence-corrected chi connectivity index (χ1v) is 7.63. The Bertz CT molecular complexity index is 877. The number of carbonyl (C=O) groups excluding carboxylic acids is 1. The third-order valence-electron chi connectivity index (χ3n) is 4.24. The van der Waals surface area contributed by atoms with Crippen LogP contribution in [0.1, 0.15) is 40.3 Å². The first-order valence-electron chi connectivity index (χ1n) is 7.63. The average molecular weight is 308 g/mol. The van der Waals surface area contributed by atoms with E-state index in [2.05, 4.69) is 15.4 Å². The van der Waals surface area contributed by atoms with E-state index in [-0.39, 0.29) is 11.9 Å². The maximum atomic E-state index is 12.7. The number of aryl methyl sites for hydroxylation is 2. The van der Waals surface area contributed by atoms with Crippen molar-refractivity contribution in [2.75, 3.05) is 0 Å². The van der Waals surface area contributed by atoms with Crippen LogP contribution < -0.4 is 5.32 Å². The van der Waals surface area contributed by atoms with Crippen molar-refractivity contribution >= 4 is 16.8 Å². The van der Waals surface area contributed by atoms with E-state index in [9.17, 15) is 4.79 Å². The molecule has 0 radical (unpaired) electrons. The zero-order valence-electron chi connectivity index (χ0n) is 13.8. The molecule has 118 valence electrons. The summed E-state index contributed by atoms with van der Waals surface area (Å²) in [5, 5.41) is 8.36. The quantitative estimate of drug-likeness (QED) is 0.809. The van der Waals surface area contributed by atoms with Crippen molar-refractivity contribution in [2.45, 2.75) is 26.8 Å². The van der Waals surface area contributed by atoms with Crippen LogP contribution in [0.5, 0.6) is 0 Å². The van der Waals surface area contributed by atoms with Gasteiger partial charge in [0.2, 0.25) is 0 Å². The van der Waals surface area contributed by atoms with Gasteiger partial charge in [0.1, 0.15) is 0 Å². The SMILES string of the molecule is Cc1nn(C)c(C)c1[C@H](C)NC(=O)c1cccc2ncccc12. The van der Waals surface area contributed by atoms with Gasteiger partial charge in [0, 0.05) is 35.5 Å². The molecule has 3 aromatic rings. The van der Waals surface area contributed by atoms with Crippen molar-refractivity contribution in [3.05, 3.63) is 59.0 Å². The molecule has 0 bridgehead atoms. The maximum Gasteiger partial charge on any atom is 0.252 e. The van der Waals surface area contributed by atoms with Gasteiger partial charge in [0.15, 0.2) is 0 Å². The van der Waals surface area contributed by atoms with E-state index in [0.717, 1.165) is 27.9 Å². The summed E-state index contributed by atoms with van der Waals surface area (Å²) in [7, 11) is 1.91. The lowest BCUT2D eigenvalue weighted by molar-refractivity contribution is 0.0941. The molecule has 1 N–H and O–H groups in total. The van der Waals surface area contributed by atoms with Crippen LogP contribution in [0.2, 0.25) is 0 Å². The molecule has 5 nitrogen and oxygen atoms in total. The Morgan fingerprint density at radius 1 is 1.22 bits per heavy atom. The maximum absolute atomic E-state index is 12.7. The summed E-state index contributed by atoms with van der Waals surface area (Å²) in [6, 6.07) is 9.25. The lowest BCUT2D eigenvalue weighted by atomic mass is 10.0. The van der Waals surface area contributed by atoms with E-state index in [1.165, 1.54) is 0 Å². The van der Waals surface area contributed by atoms with Gasteiger partial charge in [-0.25, -0.2) is 0 Å². The van der Waals surface area contributed by atoms with E-state index < -0.39 is 0 Å². The van der Waals surface area contributed by atoms with Crippen LogP contribution in [0.25, 0.3) is 10.9 Å². The Labute approximate surface area is 135 Å². The van der Waals surface area contributed by atoms with E-state index in [4.69, 9.17) is 0 Å². The molecular weight excluding hydrogens is 288 g/mol. The molecule has 0 aliphatic heterocycles. The lowest BCUT2D eigenvalue weighted by Crippen LogP contribution is -2.27. The molecule has 1 aromatic carbocycles. The number of hydrogen-bond acceptors (Lipinski definition) is 3. The molecule has 0 aliphatic carbocycles. The van der Waals surface area contributed by atoms with Gasteiger partial charge in [-0.05, 0) is 39.0 Å². The Hall–Kier alpha value is -2.69. The monoisotopic (exact) mass is 308 g/mol. The van der Waals surface area contributed by atoms with E-state index in [0.29, 0.717) is 5.56 Å². The van der Waals surface area contributed by atoms with Crippen LogP contribution in [0, 0.1) is 13.8 Å². The number of hydrogen-bond donors (Lipinski definition) is 1. The number of fused-ring (bicyclic) bond motifs is 1. The third kappa shape index (κ3) is 2.70. The second-order valence-electron chi connectivity index (χ2n) is 5.78. The first-order chi connectivity index (χ1) is 11.0. The van der Waals surface area contributed by atoms with Gasteiger partial charge >= 0.3 is 0 Å². The van der Waals surface area contributed by atoms with Gasteiger partial charge in [-0.1, -0.05) is 12.1 Å². The van der Waals surface area contributed by atoms with Crippen LogP contribution >= 0.6 is 0 Å². The van der Waals surface area contributed by atoms with Gasteiger partial charge in [-0.3, -0.25) is 14.5 Å². The predicted molar refractivity (Wildman–Crippen MR) is 90.3 cm³/mol. The molecule has 1 atom stereocenters. The van der Waals surface area contributed by atoms with Crippen LogP contribution in [0.3, 0.4) is 0 Å². The molecule has 0 aliphatic rings. The second-order valence-corrected chi connectivity index (χ2v) is 5.78. The van der Waals surface area contributed by atoms with E-state index in [1.54, 1.807) is 6.20 Å². The van der Waals surface area contributed by atoms with E-state index >= 15 is 0 Å². The summed E-state index contributed by atoms with van der Waals surface area (Å²) in [6.07, 6.45) is 1.73. The van der Waals surface area contributed by atoms with Gasteiger partial charge in [0.05, 0.1) is 17.3 Å². The third-order valence-corrected chi connectivity index (χ3v) is 4.24. The highest BCUT2D eigenvalue weighted by Gasteiger charge is 2.19. The normalized spacial score (nSPS) is 12.3. The summed E-state index contributed by atoms with van der Waals surface area (Å²) in [5.74, 6) is -0.0984. The zero-order valence-corrected chi connectivity index (χ0v) is 13.8. The number of rotatable bonds is 3. The van der Waals surface area contributed by atoms with Gasteiger partial charge < -0.3 is 5.32 Å². The molecule has 2 aromatic heterocycles. The fraction of sp³-hybridized carbons (Fsp3) is 0.278. The topological polar surface area (TPSA) is 59.8 Å². The fourth-order valence-electron chi connectivity index (χ4n) is 3.06. The van der Waals surface area contributed by atoms with Crippen molar-refractivity contribution in [1.29, 1.82) is 0 Å². The summed E-state index contributed by atoms with van der Waals surface area (Å²) >= 11 is 0. The molecule has 23 heavy (non-hydrogen) atoms. The summed E-state index contributed by atoms with van der Waals surface area (Å²) in [5.41, 5.74) is 4.54. The Morgan fingerprint density at radius 2 is 2.00 bits per heavy atom. The first kappa shape index (κ1) is 15.2. The lowest BCUT2D eigenvalue weighted by Gasteiger charge is -2.15. The van der Waals surface area contributed by atoms with Crippen LogP contribution in [-0.4, -0.2) is 20.7 Å². The largest absolute Gasteiger partial charge is 0.345 e. The van der Waals surface area contributed by atoms with Crippen molar-refractivity contribution < 1.29 is 4.79 Å². The minimum Gasteiger partial charge on any atom is -0.345 e. The molecule has 1 amide bonds. The number of nitrogens with zero attached hydrogens (tertiary/aromatic N) is 3. The number of benzene rings is 1. The highest BCUT2D eigenvalue weighted by Crippen LogP contribution is 2.22. The molecule has 5 heteroatoms. The molecule has 0 saturated heterocycles. The number of carbonyl (C=O) groups is 1. The molecule has 0 fully saturated rings. The zero-order chi connectivity index (χ0) is 16.6. The number of pyridine rings is 1. The second kappa shape index (κ2) is 5.83. The highest BCUT2D eigenvalue weighted by atomic mass is 16.1. The Morgan fingerprint density at radius 3 is 2.70 bits per heavy atom. The van der Waals surface area contributed by atoms with Crippen LogP contribution in [-0.2, 0) is 7.05 Å². The number of aromatic nitrogens is 3. The van der Waals surface area contributed by atoms with Gasteiger partial charge in [-0.15, -0.1) is 0 Å². The number of amides is 1. The van der Waals surface area contributed by atoms with Crippen molar-refractivity contribution in [3.8, 4) is 0 Å².